The molecule has 1 aromatic carbocycles. The molecular weight excluding hydrogens is 352 g/mol. The quantitative estimate of drug-likeness (QED) is 0.618. The lowest BCUT2D eigenvalue weighted by atomic mass is 10.1. The molecule has 1 saturated heterocycles. The lowest BCUT2D eigenvalue weighted by Gasteiger charge is -2.33. The van der Waals surface area contributed by atoms with E-state index in [0.29, 0.717) is 24.9 Å². The Balaban J connectivity index is 1.98. The van der Waals surface area contributed by atoms with Crippen LogP contribution in [0, 0.1) is 12.7 Å². The summed E-state index contributed by atoms with van der Waals surface area (Å²) in [4.78, 5) is 12.7. The average molecular weight is 368 g/mol. The van der Waals surface area contributed by atoms with Crippen LogP contribution in [0.4, 0.5) is 23.5 Å². The Morgan fingerprint density at radius 3 is 2.38 bits per heavy atom. The summed E-state index contributed by atoms with van der Waals surface area (Å²) in [5.41, 5.74) is -1.16. The fourth-order valence-corrected chi connectivity index (χ4v) is 3.17. The molecular formula is C16H16F4N6. The van der Waals surface area contributed by atoms with Gasteiger partial charge in [-0.2, -0.15) is 17.7 Å². The second-order valence-electron chi connectivity index (χ2n) is 6.42. The van der Waals surface area contributed by atoms with Crippen LogP contribution in [0.5, 0.6) is 0 Å². The molecule has 0 saturated carbocycles. The van der Waals surface area contributed by atoms with Crippen LogP contribution in [0.25, 0.3) is 16.6 Å². The highest BCUT2D eigenvalue weighted by molar-refractivity contribution is 5.93. The third kappa shape index (κ3) is 2.64. The average Bonchev–Trinajstić information content (AvgIpc) is 2.95. The zero-order valence-electron chi connectivity index (χ0n) is 14.2. The van der Waals surface area contributed by atoms with Gasteiger partial charge in [-0.3, -0.25) is 0 Å². The number of aryl methyl sites for hydroxylation is 1. The summed E-state index contributed by atoms with van der Waals surface area (Å²) in [6.07, 6.45) is -4.79. The van der Waals surface area contributed by atoms with E-state index in [2.05, 4.69) is 20.0 Å². The van der Waals surface area contributed by atoms with Gasteiger partial charge >= 0.3 is 6.18 Å². The number of hydrogen-bond acceptors (Lipinski definition) is 5. The van der Waals surface area contributed by atoms with Crippen molar-refractivity contribution in [3.05, 3.63) is 29.3 Å². The van der Waals surface area contributed by atoms with Crippen molar-refractivity contribution in [1.29, 1.82) is 0 Å². The first kappa shape index (κ1) is 17.0. The topological polar surface area (TPSA) is 49.6 Å². The molecule has 0 aliphatic carbocycles. The van der Waals surface area contributed by atoms with E-state index in [1.54, 1.807) is 6.92 Å². The van der Waals surface area contributed by atoms with E-state index in [4.69, 9.17) is 0 Å². The Hall–Kier alpha value is -2.49. The van der Waals surface area contributed by atoms with Crippen molar-refractivity contribution >= 4 is 22.5 Å². The maximum Gasteiger partial charge on any atom is 0.419 e. The van der Waals surface area contributed by atoms with Crippen LogP contribution in [0.1, 0.15) is 11.4 Å². The molecule has 2 aromatic heterocycles. The third-order valence-corrected chi connectivity index (χ3v) is 4.56. The van der Waals surface area contributed by atoms with Gasteiger partial charge in [0.1, 0.15) is 11.6 Å². The molecule has 0 spiro atoms. The molecule has 0 bridgehead atoms. The van der Waals surface area contributed by atoms with Gasteiger partial charge in [0.05, 0.1) is 16.5 Å². The van der Waals surface area contributed by atoms with Crippen molar-refractivity contribution in [1.82, 2.24) is 24.5 Å². The van der Waals surface area contributed by atoms with Crippen molar-refractivity contribution in [3.63, 3.8) is 0 Å². The first-order valence-electron chi connectivity index (χ1n) is 8.12. The second-order valence-corrected chi connectivity index (χ2v) is 6.42. The molecule has 6 nitrogen and oxygen atoms in total. The highest BCUT2D eigenvalue weighted by Gasteiger charge is 2.36. The molecule has 1 aliphatic heterocycles. The third-order valence-electron chi connectivity index (χ3n) is 4.56. The Morgan fingerprint density at radius 2 is 1.73 bits per heavy atom. The molecule has 4 rings (SSSR count). The Morgan fingerprint density at radius 1 is 1.04 bits per heavy atom. The van der Waals surface area contributed by atoms with Gasteiger partial charge in [0.2, 0.25) is 5.95 Å². The minimum absolute atomic E-state index is 0.0463. The number of halogens is 4. The van der Waals surface area contributed by atoms with Crippen molar-refractivity contribution in [2.75, 3.05) is 38.1 Å². The van der Waals surface area contributed by atoms with E-state index < -0.39 is 17.6 Å². The van der Waals surface area contributed by atoms with Gasteiger partial charge in [0, 0.05) is 26.2 Å². The Labute approximate surface area is 146 Å². The van der Waals surface area contributed by atoms with Crippen LogP contribution in [0.3, 0.4) is 0 Å². The summed E-state index contributed by atoms with van der Waals surface area (Å²) < 4.78 is 55.2. The monoisotopic (exact) mass is 368 g/mol. The smallest absolute Gasteiger partial charge is 0.338 e. The number of likely N-dealkylation sites (N-methyl/N-ethyl adjacent to an activating group) is 1. The zero-order chi connectivity index (χ0) is 18.6. The molecule has 0 amide bonds. The Kier molecular flexibility index (Phi) is 3.76. The van der Waals surface area contributed by atoms with Gasteiger partial charge in [-0.1, -0.05) is 0 Å². The molecule has 0 radical (unpaired) electrons. The molecule has 3 heterocycles. The Bertz CT molecular complexity index is 988. The normalized spacial score (nSPS) is 16.8. The highest BCUT2D eigenvalue weighted by Crippen LogP contribution is 2.36. The van der Waals surface area contributed by atoms with Crippen molar-refractivity contribution in [2.24, 2.45) is 0 Å². The van der Waals surface area contributed by atoms with Gasteiger partial charge in [0.15, 0.2) is 5.65 Å². The van der Waals surface area contributed by atoms with E-state index in [0.717, 1.165) is 19.2 Å². The van der Waals surface area contributed by atoms with E-state index >= 15 is 0 Å². The van der Waals surface area contributed by atoms with Gasteiger partial charge in [-0.25, -0.2) is 14.4 Å². The standard InChI is InChI=1S/C16H16F4N6/c1-9-21-14-12-11(4-3-10(13(12)17)16(18,19)20)22-15(26(14)23-9)25-7-5-24(2)6-8-25/h3-4H,5-8H2,1-2H3. The predicted octanol–water partition coefficient (Wildman–Crippen LogP) is 2.50. The van der Waals surface area contributed by atoms with Crippen LogP contribution in [-0.4, -0.2) is 57.7 Å². The summed E-state index contributed by atoms with van der Waals surface area (Å²) in [5.74, 6) is -0.573. The van der Waals surface area contributed by atoms with Crippen LogP contribution in [0.15, 0.2) is 12.1 Å². The van der Waals surface area contributed by atoms with Crippen LogP contribution < -0.4 is 4.90 Å². The summed E-state index contributed by atoms with van der Waals surface area (Å²) in [6.45, 7) is 4.61. The number of piperazine rings is 1. The van der Waals surface area contributed by atoms with Crippen LogP contribution in [-0.2, 0) is 6.18 Å². The van der Waals surface area contributed by atoms with E-state index in [1.165, 1.54) is 10.6 Å². The summed E-state index contributed by atoms with van der Waals surface area (Å²) in [6, 6.07) is 1.91. The summed E-state index contributed by atoms with van der Waals surface area (Å²) in [5, 5.41) is 3.96. The van der Waals surface area contributed by atoms with Crippen molar-refractivity contribution in [2.45, 2.75) is 13.1 Å². The fraction of sp³-hybridized carbons (Fsp3) is 0.438. The molecule has 1 aliphatic rings. The molecule has 138 valence electrons. The largest absolute Gasteiger partial charge is 0.419 e. The number of nitrogens with zero attached hydrogens (tertiary/aromatic N) is 6. The van der Waals surface area contributed by atoms with Gasteiger partial charge in [-0.05, 0) is 26.1 Å². The SMILES string of the molecule is Cc1nc2c3c(F)c(C(F)(F)F)ccc3nc(N3CCN(C)CC3)n2n1. The van der Waals surface area contributed by atoms with Gasteiger partial charge in [0.25, 0.3) is 0 Å². The van der Waals surface area contributed by atoms with E-state index in [9.17, 15) is 17.6 Å². The number of rotatable bonds is 1. The summed E-state index contributed by atoms with van der Waals surface area (Å²) in [7, 11) is 2.01. The molecule has 1 fully saturated rings. The molecule has 0 N–H and O–H groups in total. The van der Waals surface area contributed by atoms with E-state index in [-0.39, 0.29) is 16.6 Å². The first-order valence-corrected chi connectivity index (χ1v) is 8.12. The van der Waals surface area contributed by atoms with Crippen molar-refractivity contribution < 1.29 is 17.6 Å². The maximum absolute atomic E-state index is 14.7. The van der Waals surface area contributed by atoms with E-state index in [1.807, 2.05) is 11.9 Å². The zero-order valence-corrected chi connectivity index (χ0v) is 14.2. The minimum Gasteiger partial charge on any atom is -0.338 e. The first-order chi connectivity index (χ1) is 12.3. The maximum atomic E-state index is 14.7. The molecule has 0 unspecified atom stereocenters. The number of alkyl halides is 3. The lowest BCUT2D eigenvalue weighted by Crippen LogP contribution is -2.45. The van der Waals surface area contributed by atoms with Crippen LogP contribution >= 0.6 is 0 Å². The number of anilines is 1. The molecule has 26 heavy (non-hydrogen) atoms. The lowest BCUT2D eigenvalue weighted by molar-refractivity contribution is -0.139. The number of benzene rings is 1. The highest BCUT2D eigenvalue weighted by atomic mass is 19.4. The van der Waals surface area contributed by atoms with Crippen LogP contribution in [0.2, 0.25) is 0 Å². The molecule has 10 heteroatoms. The fourth-order valence-electron chi connectivity index (χ4n) is 3.17. The number of hydrogen-bond donors (Lipinski definition) is 0. The summed E-state index contributed by atoms with van der Waals surface area (Å²) >= 11 is 0. The number of aromatic nitrogens is 4. The second kappa shape index (κ2) is 5.76. The minimum atomic E-state index is -4.79. The van der Waals surface area contributed by atoms with Gasteiger partial charge < -0.3 is 9.80 Å². The predicted molar refractivity (Wildman–Crippen MR) is 87.7 cm³/mol. The molecule has 3 aromatic rings. The van der Waals surface area contributed by atoms with Crippen molar-refractivity contribution in [3.8, 4) is 0 Å². The number of fused-ring (bicyclic) bond motifs is 3. The molecule has 0 atom stereocenters. The van der Waals surface area contributed by atoms with Gasteiger partial charge in [-0.15, -0.1) is 5.10 Å².